The van der Waals surface area contributed by atoms with Crippen LogP contribution in [0.5, 0.6) is 0 Å². The summed E-state index contributed by atoms with van der Waals surface area (Å²) in [4.78, 5) is 0. The number of hydrogen-bond acceptors (Lipinski definition) is 2. The number of rotatable bonds is 2. The lowest BCUT2D eigenvalue weighted by atomic mass is 10.2. The summed E-state index contributed by atoms with van der Waals surface area (Å²) in [5, 5.41) is 3.81. The van der Waals surface area contributed by atoms with Crippen molar-refractivity contribution in [3.63, 3.8) is 0 Å². The van der Waals surface area contributed by atoms with E-state index in [2.05, 4.69) is 21.2 Å². The number of aryl methyl sites for hydroxylation is 1. The molecule has 0 aliphatic heterocycles. The minimum atomic E-state index is -0.355. The van der Waals surface area contributed by atoms with Crippen molar-refractivity contribution in [2.75, 3.05) is 11.1 Å². The van der Waals surface area contributed by atoms with E-state index in [9.17, 15) is 4.39 Å². The molecule has 0 bridgehead atoms. The second kappa shape index (κ2) is 5.57. The first-order chi connectivity index (χ1) is 8.88. The van der Waals surface area contributed by atoms with Crippen molar-refractivity contribution in [2.24, 2.45) is 0 Å². The molecule has 0 aliphatic carbocycles. The van der Waals surface area contributed by atoms with E-state index in [0.717, 1.165) is 5.56 Å². The van der Waals surface area contributed by atoms with Gasteiger partial charge in [-0.05, 0) is 52.7 Å². The Morgan fingerprint density at radius 1 is 1.11 bits per heavy atom. The van der Waals surface area contributed by atoms with Crippen molar-refractivity contribution in [3.8, 4) is 0 Å². The van der Waals surface area contributed by atoms with Crippen molar-refractivity contribution < 1.29 is 4.39 Å². The largest absolute Gasteiger partial charge is 0.397 e. The zero-order valence-electron chi connectivity index (χ0n) is 9.90. The van der Waals surface area contributed by atoms with Crippen LogP contribution in [0.4, 0.5) is 21.5 Å². The molecule has 0 aromatic heterocycles. The second-order valence-electron chi connectivity index (χ2n) is 4.06. The van der Waals surface area contributed by atoms with E-state index in [1.165, 1.54) is 6.07 Å². The van der Waals surface area contributed by atoms with E-state index in [1.54, 1.807) is 18.2 Å². The van der Waals surface area contributed by atoms with Gasteiger partial charge >= 0.3 is 0 Å². The van der Waals surface area contributed by atoms with Crippen molar-refractivity contribution in [2.45, 2.75) is 6.92 Å². The van der Waals surface area contributed by atoms with Gasteiger partial charge in [0.05, 0.1) is 25.9 Å². The Morgan fingerprint density at radius 2 is 1.74 bits per heavy atom. The molecule has 0 saturated heterocycles. The maximum absolute atomic E-state index is 13.5. The lowest BCUT2D eigenvalue weighted by molar-refractivity contribution is 0.621. The number of nitrogens with one attached hydrogen (secondary N) is 1. The van der Waals surface area contributed by atoms with Crippen LogP contribution < -0.4 is 11.1 Å². The standard InChI is InChI=1S/C13H10BrCl2FN2/c1-6-2-7(14)10(17)5-12(6)19-13-4-9(16)8(15)3-11(13)18/h2-5,19H,18H2,1H3. The number of anilines is 3. The lowest BCUT2D eigenvalue weighted by Gasteiger charge is -2.13. The fourth-order valence-corrected chi connectivity index (χ4v) is 2.39. The van der Waals surface area contributed by atoms with E-state index in [4.69, 9.17) is 28.9 Å². The molecule has 2 nitrogen and oxygen atoms in total. The second-order valence-corrected chi connectivity index (χ2v) is 5.73. The molecule has 0 aliphatic rings. The lowest BCUT2D eigenvalue weighted by Crippen LogP contribution is -1.99. The van der Waals surface area contributed by atoms with Gasteiger partial charge in [-0.1, -0.05) is 23.2 Å². The fourth-order valence-electron chi connectivity index (χ4n) is 1.60. The van der Waals surface area contributed by atoms with Crippen LogP contribution in [0.25, 0.3) is 0 Å². The summed E-state index contributed by atoms with van der Waals surface area (Å²) in [6.45, 7) is 1.86. The molecular formula is C13H10BrCl2FN2. The van der Waals surface area contributed by atoms with E-state index in [1.807, 2.05) is 6.92 Å². The molecule has 0 heterocycles. The molecule has 0 saturated carbocycles. The normalized spacial score (nSPS) is 10.6. The Hall–Kier alpha value is -0.970. The third-order valence-electron chi connectivity index (χ3n) is 2.63. The topological polar surface area (TPSA) is 38.0 Å². The number of benzene rings is 2. The van der Waals surface area contributed by atoms with Crippen molar-refractivity contribution >= 4 is 56.2 Å². The highest BCUT2D eigenvalue weighted by Gasteiger charge is 2.09. The Kier molecular flexibility index (Phi) is 4.23. The first kappa shape index (κ1) is 14.4. The fraction of sp³-hybridized carbons (Fsp3) is 0.0769. The Morgan fingerprint density at radius 3 is 2.42 bits per heavy atom. The van der Waals surface area contributed by atoms with E-state index >= 15 is 0 Å². The smallest absolute Gasteiger partial charge is 0.139 e. The minimum absolute atomic E-state index is 0.355. The van der Waals surface area contributed by atoms with Crippen LogP contribution in [0.15, 0.2) is 28.7 Å². The third kappa shape index (κ3) is 3.14. The van der Waals surface area contributed by atoms with Gasteiger partial charge in [-0.15, -0.1) is 0 Å². The zero-order valence-corrected chi connectivity index (χ0v) is 13.0. The molecule has 0 atom stereocenters. The Bertz CT molecular complexity index is 592. The van der Waals surface area contributed by atoms with Crippen molar-refractivity contribution in [1.29, 1.82) is 0 Å². The highest BCUT2D eigenvalue weighted by atomic mass is 79.9. The average molecular weight is 364 g/mol. The third-order valence-corrected chi connectivity index (χ3v) is 3.96. The van der Waals surface area contributed by atoms with Gasteiger partial charge < -0.3 is 11.1 Å². The van der Waals surface area contributed by atoms with Crippen LogP contribution in [-0.2, 0) is 0 Å². The summed E-state index contributed by atoms with van der Waals surface area (Å²) in [6.07, 6.45) is 0. The Labute approximate surface area is 128 Å². The predicted molar refractivity (Wildman–Crippen MR) is 83.0 cm³/mol. The quantitative estimate of drug-likeness (QED) is 0.688. The van der Waals surface area contributed by atoms with E-state index < -0.39 is 0 Å². The minimum Gasteiger partial charge on any atom is -0.397 e. The van der Waals surface area contributed by atoms with Crippen molar-refractivity contribution in [1.82, 2.24) is 0 Å². The average Bonchev–Trinajstić information content (AvgIpc) is 2.32. The number of nitrogen functional groups attached to an aromatic ring is 1. The monoisotopic (exact) mass is 362 g/mol. The first-order valence-corrected chi connectivity index (χ1v) is 6.90. The number of hydrogen-bond donors (Lipinski definition) is 2. The van der Waals surface area contributed by atoms with Crippen LogP contribution >= 0.6 is 39.1 Å². The molecule has 3 N–H and O–H groups in total. The van der Waals surface area contributed by atoms with Crippen LogP contribution in [0.2, 0.25) is 10.0 Å². The molecule has 19 heavy (non-hydrogen) atoms. The highest BCUT2D eigenvalue weighted by molar-refractivity contribution is 9.10. The van der Waals surface area contributed by atoms with Crippen LogP contribution in [-0.4, -0.2) is 0 Å². The van der Waals surface area contributed by atoms with Crippen LogP contribution in [0.1, 0.15) is 5.56 Å². The zero-order chi connectivity index (χ0) is 14.2. The van der Waals surface area contributed by atoms with Gasteiger partial charge in [0.15, 0.2) is 0 Å². The molecule has 6 heteroatoms. The molecule has 0 amide bonds. The highest BCUT2D eigenvalue weighted by Crippen LogP contribution is 2.34. The molecule has 0 spiro atoms. The van der Waals surface area contributed by atoms with E-state index in [0.29, 0.717) is 31.6 Å². The van der Waals surface area contributed by atoms with Gasteiger partial charge in [0.25, 0.3) is 0 Å². The first-order valence-electron chi connectivity index (χ1n) is 5.35. The van der Waals surface area contributed by atoms with Crippen molar-refractivity contribution in [3.05, 3.63) is 50.2 Å². The molecule has 100 valence electrons. The molecule has 0 unspecified atom stereocenters. The van der Waals surface area contributed by atoms with E-state index in [-0.39, 0.29) is 5.82 Å². The summed E-state index contributed by atoms with van der Waals surface area (Å²) < 4.78 is 14.0. The molecule has 2 aromatic rings. The summed E-state index contributed by atoms with van der Waals surface area (Å²) in [6, 6.07) is 6.24. The summed E-state index contributed by atoms with van der Waals surface area (Å²) >= 11 is 14.9. The molecule has 2 aromatic carbocycles. The summed E-state index contributed by atoms with van der Waals surface area (Å²) in [5.41, 5.74) is 8.36. The predicted octanol–water partition coefficient (Wildman–Crippen LogP) is 5.53. The van der Waals surface area contributed by atoms with Gasteiger partial charge in [0.1, 0.15) is 5.82 Å². The number of halogens is 4. The Balaban J connectivity index is 2.42. The molecular weight excluding hydrogens is 354 g/mol. The van der Waals surface area contributed by atoms with Gasteiger partial charge in [-0.2, -0.15) is 0 Å². The summed E-state index contributed by atoms with van der Waals surface area (Å²) in [7, 11) is 0. The summed E-state index contributed by atoms with van der Waals surface area (Å²) in [5.74, 6) is -0.355. The maximum Gasteiger partial charge on any atom is 0.139 e. The molecule has 2 rings (SSSR count). The van der Waals surface area contributed by atoms with Crippen LogP contribution in [0, 0.1) is 12.7 Å². The number of nitrogens with two attached hydrogens (primary N) is 1. The molecule has 0 fully saturated rings. The van der Waals surface area contributed by atoms with Gasteiger partial charge in [0.2, 0.25) is 0 Å². The van der Waals surface area contributed by atoms with Gasteiger partial charge in [-0.25, -0.2) is 4.39 Å². The SMILES string of the molecule is Cc1cc(Br)c(F)cc1Nc1cc(Cl)c(Cl)cc1N. The maximum atomic E-state index is 13.5. The van der Waals surface area contributed by atoms with Crippen LogP contribution in [0.3, 0.4) is 0 Å². The molecule has 0 radical (unpaired) electrons. The van der Waals surface area contributed by atoms with Gasteiger partial charge in [0, 0.05) is 5.69 Å². The van der Waals surface area contributed by atoms with Gasteiger partial charge in [-0.3, -0.25) is 0 Å².